The Hall–Kier alpha value is -1.72. The van der Waals surface area contributed by atoms with Crippen LogP contribution in [0.4, 0.5) is 0 Å². The number of nitrogens with one attached hydrogen (secondary N) is 1. The van der Waals surface area contributed by atoms with Crippen LogP contribution in [0.2, 0.25) is 0 Å². The highest BCUT2D eigenvalue weighted by molar-refractivity contribution is 7.07. The summed E-state index contributed by atoms with van der Waals surface area (Å²) in [4.78, 5) is 0. The molecule has 0 unspecified atom stereocenters. The molecule has 0 fully saturated rings. The van der Waals surface area contributed by atoms with E-state index >= 15 is 0 Å². The van der Waals surface area contributed by atoms with E-state index < -0.39 is 0 Å². The first-order valence-electron chi connectivity index (χ1n) is 6.29. The highest BCUT2D eigenvalue weighted by Gasteiger charge is 2.12. The SMILES string of the molecule is COc1cc(CNCc2ccsc2)cc(OC)c1OC. The molecule has 0 aliphatic heterocycles. The summed E-state index contributed by atoms with van der Waals surface area (Å²) in [6.45, 7) is 1.59. The Morgan fingerprint density at radius 2 is 1.60 bits per heavy atom. The molecule has 2 rings (SSSR count). The van der Waals surface area contributed by atoms with Crippen molar-refractivity contribution in [3.05, 3.63) is 40.1 Å². The number of rotatable bonds is 7. The second-order valence-corrected chi connectivity index (χ2v) is 5.05. The van der Waals surface area contributed by atoms with Crippen LogP contribution in [0.1, 0.15) is 11.1 Å². The van der Waals surface area contributed by atoms with E-state index in [2.05, 4.69) is 22.1 Å². The van der Waals surface area contributed by atoms with Gasteiger partial charge in [0.1, 0.15) is 0 Å². The van der Waals surface area contributed by atoms with E-state index in [1.165, 1.54) is 5.56 Å². The van der Waals surface area contributed by atoms with Crippen molar-refractivity contribution in [1.29, 1.82) is 0 Å². The highest BCUT2D eigenvalue weighted by atomic mass is 32.1. The summed E-state index contributed by atoms with van der Waals surface area (Å²) in [5.41, 5.74) is 2.39. The average molecular weight is 293 g/mol. The topological polar surface area (TPSA) is 39.7 Å². The minimum Gasteiger partial charge on any atom is -0.493 e. The molecule has 108 valence electrons. The molecule has 0 amide bonds. The van der Waals surface area contributed by atoms with Gasteiger partial charge >= 0.3 is 0 Å². The molecular formula is C15H19NO3S. The van der Waals surface area contributed by atoms with Crippen LogP contribution in [0.5, 0.6) is 17.2 Å². The summed E-state index contributed by atoms with van der Waals surface area (Å²) in [6, 6.07) is 6.04. The molecule has 5 heteroatoms. The van der Waals surface area contributed by atoms with Crippen molar-refractivity contribution in [3.63, 3.8) is 0 Å². The molecule has 1 N–H and O–H groups in total. The molecule has 20 heavy (non-hydrogen) atoms. The van der Waals surface area contributed by atoms with Crippen LogP contribution in [-0.2, 0) is 13.1 Å². The Morgan fingerprint density at radius 3 is 2.10 bits per heavy atom. The summed E-state index contributed by atoms with van der Waals surface area (Å²) in [5.74, 6) is 1.98. The van der Waals surface area contributed by atoms with Crippen molar-refractivity contribution in [3.8, 4) is 17.2 Å². The molecule has 1 aromatic heterocycles. The number of benzene rings is 1. The molecule has 0 bridgehead atoms. The Balaban J connectivity index is 2.07. The predicted molar refractivity (Wildman–Crippen MR) is 81.0 cm³/mol. The third-order valence-electron chi connectivity index (χ3n) is 2.96. The van der Waals surface area contributed by atoms with E-state index in [4.69, 9.17) is 14.2 Å². The van der Waals surface area contributed by atoms with Crippen molar-refractivity contribution in [1.82, 2.24) is 5.32 Å². The molecule has 2 aromatic rings. The lowest BCUT2D eigenvalue weighted by molar-refractivity contribution is 0.323. The zero-order valence-electron chi connectivity index (χ0n) is 11.9. The monoisotopic (exact) mass is 293 g/mol. The normalized spacial score (nSPS) is 10.3. The standard InChI is InChI=1S/C15H19NO3S/c1-17-13-6-12(7-14(18-2)15(13)19-3)9-16-8-11-4-5-20-10-11/h4-7,10,16H,8-9H2,1-3H3. The Morgan fingerprint density at radius 1 is 0.950 bits per heavy atom. The maximum atomic E-state index is 5.34. The van der Waals surface area contributed by atoms with Crippen molar-refractivity contribution in [2.24, 2.45) is 0 Å². The molecule has 4 nitrogen and oxygen atoms in total. The molecule has 0 atom stereocenters. The lowest BCUT2D eigenvalue weighted by Gasteiger charge is -2.14. The lowest BCUT2D eigenvalue weighted by atomic mass is 10.1. The molecule has 0 spiro atoms. The molecular weight excluding hydrogens is 274 g/mol. The Kier molecular flexibility index (Phi) is 5.26. The molecule has 0 saturated heterocycles. The lowest BCUT2D eigenvalue weighted by Crippen LogP contribution is -2.12. The first-order chi connectivity index (χ1) is 9.78. The van der Waals surface area contributed by atoms with E-state index in [0.717, 1.165) is 18.7 Å². The van der Waals surface area contributed by atoms with Gasteiger partial charge in [0.2, 0.25) is 5.75 Å². The number of ether oxygens (including phenoxy) is 3. The molecule has 0 saturated carbocycles. The van der Waals surface area contributed by atoms with Gasteiger partial charge in [-0.3, -0.25) is 0 Å². The van der Waals surface area contributed by atoms with E-state index in [1.807, 2.05) is 12.1 Å². The van der Waals surface area contributed by atoms with Gasteiger partial charge in [-0.25, -0.2) is 0 Å². The average Bonchev–Trinajstić information content (AvgIpc) is 2.99. The van der Waals surface area contributed by atoms with Gasteiger partial charge in [-0.15, -0.1) is 0 Å². The van der Waals surface area contributed by atoms with Gasteiger partial charge in [0, 0.05) is 13.1 Å². The maximum Gasteiger partial charge on any atom is 0.203 e. The summed E-state index contributed by atoms with van der Waals surface area (Å²) in [6.07, 6.45) is 0. The number of methoxy groups -OCH3 is 3. The first kappa shape index (κ1) is 14.7. The van der Waals surface area contributed by atoms with Crippen molar-refractivity contribution >= 4 is 11.3 Å². The second-order valence-electron chi connectivity index (χ2n) is 4.27. The van der Waals surface area contributed by atoms with E-state index in [0.29, 0.717) is 17.2 Å². The van der Waals surface area contributed by atoms with E-state index in [-0.39, 0.29) is 0 Å². The maximum absolute atomic E-state index is 5.34. The van der Waals surface area contributed by atoms with Gasteiger partial charge < -0.3 is 19.5 Å². The largest absolute Gasteiger partial charge is 0.493 e. The minimum atomic E-state index is 0.622. The number of thiophene rings is 1. The summed E-state index contributed by atoms with van der Waals surface area (Å²) in [7, 11) is 4.86. The zero-order valence-corrected chi connectivity index (χ0v) is 12.8. The van der Waals surface area contributed by atoms with Gasteiger partial charge in [-0.05, 0) is 40.1 Å². The Bertz CT molecular complexity index is 515. The van der Waals surface area contributed by atoms with Crippen LogP contribution in [0, 0.1) is 0 Å². The van der Waals surface area contributed by atoms with Crippen LogP contribution >= 0.6 is 11.3 Å². The second kappa shape index (κ2) is 7.17. The van der Waals surface area contributed by atoms with Crippen LogP contribution in [0.25, 0.3) is 0 Å². The summed E-state index contributed by atoms with van der Waals surface area (Å²) in [5, 5.41) is 7.62. The van der Waals surface area contributed by atoms with Crippen molar-refractivity contribution < 1.29 is 14.2 Å². The third-order valence-corrected chi connectivity index (χ3v) is 3.69. The molecule has 0 radical (unpaired) electrons. The third kappa shape index (κ3) is 3.43. The fourth-order valence-corrected chi connectivity index (χ4v) is 2.65. The quantitative estimate of drug-likeness (QED) is 0.851. The van der Waals surface area contributed by atoms with Gasteiger partial charge in [0.05, 0.1) is 21.3 Å². The van der Waals surface area contributed by atoms with Gasteiger partial charge in [-0.1, -0.05) is 0 Å². The molecule has 0 aliphatic carbocycles. The van der Waals surface area contributed by atoms with Gasteiger partial charge in [-0.2, -0.15) is 11.3 Å². The smallest absolute Gasteiger partial charge is 0.203 e. The molecule has 1 aromatic carbocycles. The summed E-state index contributed by atoms with van der Waals surface area (Å²) >= 11 is 1.71. The van der Waals surface area contributed by atoms with Gasteiger partial charge in [0.25, 0.3) is 0 Å². The van der Waals surface area contributed by atoms with Crippen LogP contribution in [0.15, 0.2) is 29.0 Å². The predicted octanol–water partition coefficient (Wildman–Crippen LogP) is 3.06. The molecule has 0 aliphatic rings. The first-order valence-corrected chi connectivity index (χ1v) is 7.23. The zero-order chi connectivity index (χ0) is 14.4. The summed E-state index contributed by atoms with van der Waals surface area (Å²) < 4.78 is 16.0. The van der Waals surface area contributed by atoms with E-state index in [9.17, 15) is 0 Å². The van der Waals surface area contributed by atoms with Crippen LogP contribution in [0.3, 0.4) is 0 Å². The van der Waals surface area contributed by atoms with Gasteiger partial charge in [0.15, 0.2) is 11.5 Å². The van der Waals surface area contributed by atoms with Crippen molar-refractivity contribution in [2.75, 3.05) is 21.3 Å². The fourth-order valence-electron chi connectivity index (χ4n) is 1.98. The highest BCUT2D eigenvalue weighted by Crippen LogP contribution is 2.38. The number of hydrogen-bond acceptors (Lipinski definition) is 5. The Labute approximate surface area is 123 Å². The molecule has 1 heterocycles. The number of hydrogen-bond donors (Lipinski definition) is 1. The fraction of sp³-hybridized carbons (Fsp3) is 0.333. The van der Waals surface area contributed by atoms with Crippen LogP contribution in [-0.4, -0.2) is 21.3 Å². The van der Waals surface area contributed by atoms with Crippen molar-refractivity contribution in [2.45, 2.75) is 13.1 Å². The van der Waals surface area contributed by atoms with E-state index in [1.54, 1.807) is 32.7 Å². The minimum absolute atomic E-state index is 0.622. The van der Waals surface area contributed by atoms with Crippen LogP contribution < -0.4 is 19.5 Å².